The average molecular weight is 271 g/mol. The van der Waals surface area contributed by atoms with Crippen LogP contribution in [0.25, 0.3) is 0 Å². The molecule has 1 N–H and O–H groups in total. The molecule has 20 heavy (non-hydrogen) atoms. The van der Waals surface area contributed by atoms with Crippen LogP contribution in [0, 0.1) is 18.8 Å². The van der Waals surface area contributed by atoms with Gasteiger partial charge in [0.1, 0.15) is 6.61 Å². The summed E-state index contributed by atoms with van der Waals surface area (Å²) >= 11 is 0. The van der Waals surface area contributed by atoms with E-state index in [2.05, 4.69) is 11.8 Å². The largest absolute Gasteiger partial charge is 0.384 e. The number of aliphatic hydroxyl groups is 1. The third-order valence-corrected chi connectivity index (χ3v) is 3.30. The Bertz CT molecular complexity index is 577. The second-order valence-corrected chi connectivity index (χ2v) is 4.79. The van der Waals surface area contributed by atoms with Crippen molar-refractivity contribution in [3.63, 3.8) is 0 Å². The number of nitrogens with zero attached hydrogens (tertiary/aromatic N) is 1. The maximum Gasteiger partial charge on any atom is 0.233 e. The molecule has 1 aromatic carbocycles. The molecule has 2 rings (SSSR count). The molecule has 0 unspecified atom stereocenters. The molecule has 0 aliphatic carbocycles. The van der Waals surface area contributed by atoms with Gasteiger partial charge in [0.25, 0.3) is 0 Å². The predicted molar refractivity (Wildman–Crippen MR) is 76.1 cm³/mol. The Balaban J connectivity index is 2.34. The highest BCUT2D eigenvalue weighted by molar-refractivity contribution is 6.15. The van der Waals surface area contributed by atoms with Crippen molar-refractivity contribution in [3.05, 3.63) is 29.3 Å². The highest BCUT2D eigenvalue weighted by Crippen LogP contribution is 2.23. The lowest BCUT2D eigenvalue weighted by Crippen LogP contribution is -2.35. The van der Waals surface area contributed by atoms with Gasteiger partial charge >= 0.3 is 0 Å². The number of rotatable bonds is 1. The molecule has 0 saturated carbocycles. The minimum atomic E-state index is -0.190. The van der Waals surface area contributed by atoms with E-state index in [1.807, 2.05) is 6.92 Å². The number of carbonyl (C=O) groups excluding carboxylic acids is 2. The zero-order valence-corrected chi connectivity index (χ0v) is 11.5. The number of benzene rings is 1. The molecule has 2 amide bonds. The lowest BCUT2D eigenvalue weighted by molar-refractivity contribution is -0.125. The predicted octanol–water partition coefficient (Wildman–Crippen LogP) is 1.77. The van der Waals surface area contributed by atoms with E-state index in [1.165, 1.54) is 4.90 Å². The number of carbonyl (C=O) groups is 2. The molecular weight excluding hydrogens is 254 g/mol. The van der Waals surface area contributed by atoms with E-state index in [0.717, 1.165) is 24.0 Å². The van der Waals surface area contributed by atoms with Crippen molar-refractivity contribution in [1.29, 1.82) is 0 Å². The van der Waals surface area contributed by atoms with Crippen LogP contribution in [0.4, 0.5) is 5.69 Å². The Labute approximate surface area is 118 Å². The van der Waals surface area contributed by atoms with Crippen LogP contribution < -0.4 is 4.90 Å². The summed E-state index contributed by atoms with van der Waals surface area (Å²) in [7, 11) is 0. The summed E-state index contributed by atoms with van der Waals surface area (Å²) in [4.78, 5) is 25.4. The maximum atomic E-state index is 12.0. The summed E-state index contributed by atoms with van der Waals surface area (Å²) in [6.45, 7) is 1.68. The normalized spacial score (nSPS) is 15.6. The van der Waals surface area contributed by atoms with Crippen LogP contribution in [-0.4, -0.2) is 23.5 Å². The molecule has 1 heterocycles. The number of aryl methyl sites for hydroxylation is 1. The minimum Gasteiger partial charge on any atom is -0.384 e. The van der Waals surface area contributed by atoms with Crippen LogP contribution in [0.1, 0.15) is 36.8 Å². The van der Waals surface area contributed by atoms with E-state index in [0.29, 0.717) is 18.5 Å². The summed E-state index contributed by atoms with van der Waals surface area (Å²) in [6.07, 6.45) is 2.36. The van der Waals surface area contributed by atoms with E-state index >= 15 is 0 Å². The van der Waals surface area contributed by atoms with E-state index in [4.69, 9.17) is 5.11 Å². The number of hydrogen-bond acceptors (Lipinski definition) is 3. The van der Waals surface area contributed by atoms with Gasteiger partial charge < -0.3 is 5.11 Å². The van der Waals surface area contributed by atoms with Gasteiger partial charge in [0, 0.05) is 18.4 Å². The van der Waals surface area contributed by atoms with E-state index in [-0.39, 0.29) is 18.4 Å². The van der Waals surface area contributed by atoms with Crippen molar-refractivity contribution >= 4 is 17.5 Å². The number of hydrogen-bond donors (Lipinski definition) is 1. The van der Waals surface area contributed by atoms with Crippen LogP contribution in [0.2, 0.25) is 0 Å². The van der Waals surface area contributed by atoms with Crippen molar-refractivity contribution in [3.8, 4) is 11.8 Å². The van der Waals surface area contributed by atoms with E-state index in [9.17, 15) is 9.59 Å². The van der Waals surface area contributed by atoms with Gasteiger partial charge in [-0.05, 0) is 43.5 Å². The van der Waals surface area contributed by atoms with Crippen molar-refractivity contribution < 1.29 is 14.7 Å². The third kappa shape index (κ3) is 3.06. The van der Waals surface area contributed by atoms with Crippen molar-refractivity contribution in [2.45, 2.75) is 32.6 Å². The van der Waals surface area contributed by atoms with E-state index < -0.39 is 0 Å². The fraction of sp³-hybridized carbons (Fsp3) is 0.375. The molecule has 1 aliphatic rings. The smallest absolute Gasteiger partial charge is 0.233 e. The summed E-state index contributed by atoms with van der Waals surface area (Å²) in [6, 6.07) is 5.30. The molecule has 4 nitrogen and oxygen atoms in total. The zero-order chi connectivity index (χ0) is 14.5. The van der Waals surface area contributed by atoms with Gasteiger partial charge in [-0.1, -0.05) is 11.8 Å². The first kappa shape index (κ1) is 14.3. The SMILES string of the molecule is Cc1cc(N2C(=O)CCCCC2=O)ccc1C#CCO. The quantitative estimate of drug-likeness (QED) is 0.625. The monoisotopic (exact) mass is 271 g/mol. The maximum absolute atomic E-state index is 12.0. The Morgan fingerprint density at radius 2 is 1.85 bits per heavy atom. The fourth-order valence-corrected chi connectivity index (χ4v) is 2.27. The van der Waals surface area contributed by atoms with Gasteiger partial charge in [-0.25, -0.2) is 0 Å². The summed E-state index contributed by atoms with van der Waals surface area (Å²) < 4.78 is 0. The van der Waals surface area contributed by atoms with Crippen molar-refractivity contribution in [2.24, 2.45) is 0 Å². The molecule has 0 atom stereocenters. The van der Waals surface area contributed by atoms with Gasteiger partial charge in [-0.15, -0.1) is 0 Å². The zero-order valence-electron chi connectivity index (χ0n) is 11.5. The second-order valence-electron chi connectivity index (χ2n) is 4.79. The highest BCUT2D eigenvalue weighted by atomic mass is 16.2. The number of anilines is 1. The Morgan fingerprint density at radius 1 is 1.20 bits per heavy atom. The molecule has 0 bridgehead atoms. The molecule has 0 spiro atoms. The summed E-state index contributed by atoms with van der Waals surface area (Å²) in [5, 5.41) is 8.71. The van der Waals surface area contributed by atoms with Crippen LogP contribution in [0.3, 0.4) is 0 Å². The van der Waals surface area contributed by atoms with Crippen LogP contribution in [0.5, 0.6) is 0 Å². The summed E-state index contributed by atoms with van der Waals surface area (Å²) in [5.41, 5.74) is 2.28. The first-order chi connectivity index (χ1) is 9.63. The molecule has 1 aromatic rings. The fourth-order valence-electron chi connectivity index (χ4n) is 2.27. The molecule has 0 aromatic heterocycles. The molecule has 104 valence electrons. The molecule has 4 heteroatoms. The number of amides is 2. The molecule has 1 fully saturated rings. The average Bonchev–Trinajstić information content (AvgIpc) is 2.58. The number of aliphatic hydroxyl groups excluding tert-OH is 1. The van der Waals surface area contributed by atoms with Gasteiger partial charge in [-0.3, -0.25) is 14.5 Å². The van der Waals surface area contributed by atoms with Crippen LogP contribution >= 0.6 is 0 Å². The molecule has 0 radical (unpaired) electrons. The van der Waals surface area contributed by atoms with Gasteiger partial charge in [0.05, 0.1) is 5.69 Å². The van der Waals surface area contributed by atoms with Gasteiger partial charge in [0.15, 0.2) is 0 Å². The molecular formula is C16H17NO3. The molecule has 1 aliphatic heterocycles. The van der Waals surface area contributed by atoms with Crippen LogP contribution in [-0.2, 0) is 9.59 Å². The first-order valence-corrected chi connectivity index (χ1v) is 6.69. The Hall–Kier alpha value is -2.12. The third-order valence-electron chi connectivity index (χ3n) is 3.30. The molecule has 1 saturated heterocycles. The lowest BCUT2D eigenvalue weighted by atomic mass is 10.1. The van der Waals surface area contributed by atoms with Gasteiger partial charge in [-0.2, -0.15) is 0 Å². The lowest BCUT2D eigenvalue weighted by Gasteiger charge is -2.19. The standard InChI is InChI=1S/C16H17NO3/c1-12-11-14(9-8-13(12)5-4-10-18)17-15(19)6-2-3-7-16(17)20/h8-9,11,18H,2-3,6-7,10H2,1H3. The Morgan fingerprint density at radius 3 is 2.40 bits per heavy atom. The van der Waals surface area contributed by atoms with Gasteiger partial charge in [0.2, 0.25) is 11.8 Å². The topological polar surface area (TPSA) is 57.6 Å². The summed E-state index contributed by atoms with van der Waals surface area (Å²) in [5.74, 6) is 5.15. The minimum absolute atomic E-state index is 0.138. The van der Waals surface area contributed by atoms with E-state index in [1.54, 1.807) is 18.2 Å². The number of imide groups is 1. The first-order valence-electron chi connectivity index (χ1n) is 6.69. The second kappa shape index (κ2) is 6.36. The van der Waals surface area contributed by atoms with Crippen molar-refractivity contribution in [1.82, 2.24) is 0 Å². The Kier molecular flexibility index (Phi) is 4.54. The highest BCUT2D eigenvalue weighted by Gasteiger charge is 2.25. The van der Waals surface area contributed by atoms with Crippen molar-refractivity contribution in [2.75, 3.05) is 11.5 Å². The van der Waals surface area contributed by atoms with Crippen LogP contribution in [0.15, 0.2) is 18.2 Å².